The molecule has 0 unspecified atom stereocenters. The van der Waals surface area contributed by atoms with E-state index in [1.165, 1.54) is 0 Å². The number of aromatic nitrogens is 1. The summed E-state index contributed by atoms with van der Waals surface area (Å²) in [6, 6.07) is 12.5. The molecule has 3 rings (SSSR count). The van der Waals surface area contributed by atoms with Crippen molar-refractivity contribution >= 4 is 38.5 Å². The number of aromatic amines is 1. The van der Waals surface area contributed by atoms with Gasteiger partial charge in [-0.05, 0) is 46.1 Å². The second kappa shape index (κ2) is 6.88. The summed E-state index contributed by atoms with van der Waals surface area (Å²) < 4.78 is 0.598. The lowest BCUT2D eigenvalue weighted by Crippen LogP contribution is -2.32. The maximum absolute atomic E-state index is 12.3. The summed E-state index contributed by atoms with van der Waals surface area (Å²) in [7, 11) is 0. The first kappa shape index (κ1) is 16.3. The topological polar surface area (TPSA) is 82.2 Å². The number of phenols is 1. The molecule has 0 aliphatic heterocycles. The molecule has 3 aromatic rings. The normalized spacial score (nSPS) is 10.7. The highest BCUT2D eigenvalue weighted by atomic mass is 79.9. The number of para-hydroxylation sites is 1. The van der Waals surface area contributed by atoms with E-state index in [0.29, 0.717) is 23.0 Å². The number of fused-ring (bicyclic) bond motifs is 1. The van der Waals surface area contributed by atoms with Crippen molar-refractivity contribution in [2.24, 2.45) is 0 Å². The second-order valence-corrected chi connectivity index (χ2v) is 6.22. The molecule has 3 N–H and O–H groups in total. The van der Waals surface area contributed by atoms with Crippen molar-refractivity contribution in [1.29, 1.82) is 0 Å². The van der Waals surface area contributed by atoms with Crippen LogP contribution in [0.3, 0.4) is 0 Å². The number of phenolic OH excluding ortho intramolecular Hbond substituents is 1. The zero-order chi connectivity index (χ0) is 17.1. The Labute approximate surface area is 146 Å². The van der Waals surface area contributed by atoms with Gasteiger partial charge in [0.1, 0.15) is 5.75 Å². The number of amides is 1. The van der Waals surface area contributed by atoms with Crippen LogP contribution in [-0.2, 0) is 11.2 Å². The van der Waals surface area contributed by atoms with Gasteiger partial charge in [-0.1, -0.05) is 24.3 Å². The Hall–Kier alpha value is -2.60. The molecule has 0 fully saturated rings. The molecule has 0 aliphatic rings. The quantitative estimate of drug-likeness (QED) is 0.465. The third kappa shape index (κ3) is 3.33. The van der Waals surface area contributed by atoms with E-state index in [-0.39, 0.29) is 5.75 Å². The Kier molecular flexibility index (Phi) is 4.66. The molecule has 1 heterocycles. The first-order valence-corrected chi connectivity index (χ1v) is 8.21. The zero-order valence-corrected chi connectivity index (χ0v) is 14.3. The molecule has 5 nitrogen and oxygen atoms in total. The molecule has 0 saturated heterocycles. The van der Waals surface area contributed by atoms with Crippen LogP contribution < -0.4 is 5.32 Å². The Morgan fingerprint density at radius 2 is 1.96 bits per heavy atom. The van der Waals surface area contributed by atoms with Gasteiger partial charge in [-0.25, -0.2) is 0 Å². The van der Waals surface area contributed by atoms with E-state index < -0.39 is 11.7 Å². The number of aromatic hydroxyl groups is 1. The van der Waals surface area contributed by atoms with Gasteiger partial charge in [-0.3, -0.25) is 9.59 Å². The number of carbonyl (C=O) groups is 2. The number of H-pyrrole nitrogens is 1. The minimum absolute atomic E-state index is 0.164. The lowest BCUT2D eigenvalue weighted by atomic mass is 10.1. The van der Waals surface area contributed by atoms with Crippen molar-refractivity contribution in [2.75, 3.05) is 6.54 Å². The highest BCUT2D eigenvalue weighted by molar-refractivity contribution is 9.10. The Morgan fingerprint density at radius 3 is 2.75 bits per heavy atom. The lowest BCUT2D eigenvalue weighted by molar-refractivity contribution is -0.116. The molecule has 0 aliphatic carbocycles. The Morgan fingerprint density at radius 1 is 1.17 bits per heavy atom. The summed E-state index contributed by atoms with van der Waals surface area (Å²) in [6.07, 6.45) is 2.12. The molecular formula is C18H15BrN2O3. The van der Waals surface area contributed by atoms with Crippen LogP contribution in [-0.4, -0.2) is 28.3 Å². The number of nitrogens with one attached hydrogen (secondary N) is 2. The van der Waals surface area contributed by atoms with E-state index >= 15 is 0 Å². The van der Waals surface area contributed by atoms with Crippen molar-refractivity contribution in [3.8, 4) is 5.75 Å². The third-order valence-electron chi connectivity index (χ3n) is 3.75. The van der Waals surface area contributed by atoms with E-state index in [9.17, 15) is 14.7 Å². The van der Waals surface area contributed by atoms with Crippen LogP contribution in [0.2, 0.25) is 0 Å². The average Bonchev–Trinajstić information content (AvgIpc) is 3.01. The molecule has 1 aromatic heterocycles. The minimum atomic E-state index is -0.627. The van der Waals surface area contributed by atoms with Crippen LogP contribution in [0.4, 0.5) is 0 Å². The minimum Gasteiger partial charge on any atom is -0.507 e. The van der Waals surface area contributed by atoms with Gasteiger partial charge in [0.15, 0.2) is 0 Å². The van der Waals surface area contributed by atoms with Gasteiger partial charge < -0.3 is 15.4 Å². The zero-order valence-electron chi connectivity index (χ0n) is 12.7. The van der Waals surface area contributed by atoms with Crippen molar-refractivity contribution in [3.63, 3.8) is 0 Å². The molecule has 122 valence electrons. The SMILES string of the molecule is O=C(NCCc1ccc(O)c(Br)c1)C(=O)c1c[nH]c2ccccc12. The van der Waals surface area contributed by atoms with Gasteiger partial charge >= 0.3 is 0 Å². The van der Waals surface area contributed by atoms with Crippen molar-refractivity contribution < 1.29 is 14.7 Å². The molecule has 0 radical (unpaired) electrons. The van der Waals surface area contributed by atoms with Crippen LogP contribution in [0.1, 0.15) is 15.9 Å². The highest BCUT2D eigenvalue weighted by Gasteiger charge is 2.19. The fourth-order valence-electron chi connectivity index (χ4n) is 2.49. The van der Waals surface area contributed by atoms with Crippen LogP contribution in [0.15, 0.2) is 53.1 Å². The summed E-state index contributed by atoms with van der Waals surface area (Å²) in [5.74, 6) is -1.02. The van der Waals surface area contributed by atoms with Crippen LogP contribution in [0, 0.1) is 0 Å². The van der Waals surface area contributed by atoms with Gasteiger partial charge in [0.05, 0.1) is 10.0 Å². The van der Waals surface area contributed by atoms with E-state index in [1.807, 2.05) is 18.2 Å². The van der Waals surface area contributed by atoms with Crippen molar-refractivity contribution in [1.82, 2.24) is 10.3 Å². The number of hydrogen-bond donors (Lipinski definition) is 3. The smallest absolute Gasteiger partial charge is 0.292 e. The van der Waals surface area contributed by atoms with Gasteiger partial charge in [0.25, 0.3) is 11.7 Å². The summed E-state index contributed by atoms with van der Waals surface area (Å²) in [6.45, 7) is 0.337. The number of ketones is 1. The molecule has 0 saturated carbocycles. The monoisotopic (exact) mass is 386 g/mol. The largest absolute Gasteiger partial charge is 0.507 e. The molecule has 6 heteroatoms. The standard InChI is InChI=1S/C18H15BrN2O3/c19-14-9-11(5-6-16(14)22)7-8-20-18(24)17(23)13-10-21-15-4-2-1-3-12(13)15/h1-6,9-10,21-22H,7-8H2,(H,20,24). The molecule has 24 heavy (non-hydrogen) atoms. The van der Waals surface area contributed by atoms with Gasteiger partial charge in [0, 0.05) is 23.6 Å². The van der Waals surface area contributed by atoms with E-state index in [2.05, 4.69) is 26.2 Å². The predicted octanol–water partition coefficient (Wildman–Crippen LogP) is 3.18. The molecule has 0 atom stereocenters. The average molecular weight is 387 g/mol. The van der Waals surface area contributed by atoms with E-state index in [1.54, 1.807) is 30.5 Å². The number of benzene rings is 2. The maximum Gasteiger partial charge on any atom is 0.292 e. The number of Topliss-reactive ketones (excluding diaryl/α,β-unsaturated/α-hetero) is 1. The summed E-state index contributed by atoms with van der Waals surface area (Å²) in [4.78, 5) is 27.3. The summed E-state index contributed by atoms with van der Waals surface area (Å²) in [5.41, 5.74) is 2.14. The fourth-order valence-corrected chi connectivity index (χ4v) is 2.91. The fraction of sp³-hybridized carbons (Fsp3) is 0.111. The summed E-state index contributed by atoms with van der Waals surface area (Å²) >= 11 is 3.24. The maximum atomic E-state index is 12.3. The molecule has 1 amide bonds. The predicted molar refractivity (Wildman–Crippen MR) is 95.1 cm³/mol. The van der Waals surface area contributed by atoms with Crippen molar-refractivity contribution in [3.05, 3.63) is 64.3 Å². The third-order valence-corrected chi connectivity index (χ3v) is 4.39. The van der Waals surface area contributed by atoms with Gasteiger partial charge in [0.2, 0.25) is 0 Å². The number of carbonyl (C=O) groups excluding carboxylic acids is 2. The first-order chi connectivity index (χ1) is 11.6. The highest BCUT2D eigenvalue weighted by Crippen LogP contribution is 2.24. The van der Waals surface area contributed by atoms with Crippen LogP contribution >= 0.6 is 15.9 Å². The van der Waals surface area contributed by atoms with E-state index in [0.717, 1.165) is 16.5 Å². The Bertz CT molecular complexity index is 918. The number of halogens is 1. The Balaban J connectivity index is 1.62. The van der Waals surface area contributed by atoms with Crippen LogP contribution in [0.5, 0.6) is 5.75 Å². The molecule has 0 bridgehead atoms. The van der Waals surface area contributed by atoms with Gasteiger partial charge in [-0.15, -0.1) is 0 Å². The molecular weight excluding hydrogens is 372 g/mol. The number of hydrogen-bond acceptors (Lipinski definition) is 3. The molecule has 2 aromatic carbocycles. The summed E-state index contributed by atoms with van der Waals surface area (Å²) in [5, 5.41) is 12.8. The first-order valence-electron chi connectivity index (χ1n) is 7.42. The van der Waals surface area contributed by atoms with Gasteiger partial charge in [-0.2, -0.15) is 0 Å². The second-order valence-electron chi connectivity index (χ2n) is 5.37. The van der Waals surface area contributed by atoms with Crippen molar-refractivity contribution in [2.45, 2.75) is 6.42 Å². The number of rotatable bonds is 5. The van der Waals surface area contributed by atoms with Crippen LogP contribution in [0.25, 0.3) is 10.9 Å². The lowest BCUT2D eigenvalue weighted by Gasteiger charge is -2.06. The van der Waals surface area contributed by atoms with E-state index in [4.69, 9.17) is 0 Å². The molecule has 0 spiro atoms.